The summed E-state index contributed by atoms with van der Waals surface area (Å²) in [6, 6.07) is 17.2. The van der Waals surface area contributed by atoms with Crippen molar-refractivity contribution in [3.63, 3.8) is 0 Å². The molecule has 0 aliphatic rings. The normalized spacial score (nSPS) is 10.9. The van der Waals surface area contributed by atoms with Gasteiger partial charge in [-0.3, -0.25) is 14.2 Å². The lowest BCUT2D eigenvalue weighted by Crippen LogP contribution is -2.28. The first-order chi connectivity index (χ1) is 14.1. The third kappa shape index (κ3) is 4.19. The summed E-state index contributed by atoms with van der Waals surface area (Å²) in [5.41, 5.74) is 1.83. The first kappa shape index (κ1) is 18.9. The third-order valence-corrected chi connectivity index (χ3v) is 5.06. The zero-order valence-corrected chi connectivity index (χ0v) is 16.5. The van der Waals surface area contributed by atoms with Crippen LogP contribution >= 0.6 is 11.8 Å². The Morgan fingerprint density at radius 1 is 1.14 bits per heavy atom. The van der Waals surface area contributed by atoms with Crippen LogP contribution in [-0.2, 0) is 17.9 Å². The van der Waals surface area contributed by atoms with Gasteiger partial charge in [0.25, 0.3) is 5.56 Å². The number of nitrogens with one attached hydrogen (secondary N) is 1. The van der Waals surface area contributed by atoms with Crippen LogP contribution in [0.3, 0.4) is 0 Å². The van der Waals surface area contributed by atoms with Crippen molar-refractivity contribution in [3.8, 4) is 0 Å². The van der Waals surface area contributed by atoms with E-state index < -0.39 is 5.56 Å². The molecule has 2 heterocycles. The predicted molar refractivity (Wildman–Crippen MR) is 112 cm³/mol. The van der Waals surface area contributed by atoms with Gasteiger partial charge in [-0.1, -0.05) is 41.6 Å². The fourth-order valence-corrected chi connectivity index (χ4v) is 3.38. The van der Waals surface area contributed by atoms with Gasteiger partial charge in [0.2, 0.25) is 5.91 Å². The van der Waals surface area contributed by atoms with Crippen LogP contribution in [0.4, 0.5) is 5.69 Å². The van der Waals surface area contributed by atoms with Crippen molar-refractivity contribution >= 4 is 34.5 Å². The standard InChI is InChI=1S/C20H18N6O2S/c1-29-16-9-5-8-15(10-16)22-17(27)12-25-13-21-19-18(20(25)28)23-24-26(19)11-14-6-3-2-4-7-14/h2-10,13H,11-12H2,1H3,(H,22,27). The molecule has 1 N–H and O–H groups in total. The molecule has 29 heavy (non-hydrogen) atoms. The summed E-state index contributed by atoms with van der Waals surface area (Å²) >= 11 is 1.59. The number of amides is 1. The summed E-state index contributed by atoms with van der Waals surface area (Å²) in [5, 5.41) is 10.8. The number of rotatable bonds is 6. The van der Waals surface area contributed by atoms with Crippen LogP contribution in [-0.4, -0.2) is 36.7 Å². The topological polar surface area (TPSA) is 94.7 Å². The Hall–Kier alpha value is -3.46. The smallest absolute Gasteiger partial charge is 0.283 e. The zero-order chi connectivity index (χ0) is 20.2. The summed E-state index contributed by atoms with van der Waals surface area (Å²) in [4.78, 5) is 30.4. The number of carbonyl (C=O) groups excluding carboxylic acids is 1. The van der Waals surface area contributed by atoms with Gasteiger partial charge in [-0.2, -0.15) is 0 Å². The average Bonchev–Trinajstić information content (AvgIpc) is 3.14. The molecular weight excluding hydrogens is 388 g/mol. The van der Waals surface area contributed by atoms with Gasteiger partial charge >= 0.3 is 0 Å². The van der Waals surface area contributed by atoms with Crippen LogP contribution in [0.15, 0.2) is 70.6 Å². The SMILES string of the molecule is CSc1cccc(NC(=O)Cn2cnc3c(nnn3Cc3ccccc3)c2=O)c1. The molecule has 0 bridgehead atoms. The second-order valence-corrected chi connectivity index (χ2v) is 7.24. The Morgan fingerprint density at radius 2 is 1.97 bits per heavy atom. The van der Waals surface area contributed by atoms with Crippen molar-refractivity contribution < 1.29 is 4.79 Å². The number of fused-ring (bicyclic) bond motifs is 1. The minimum absolute atomic E-state index is 0.139. The molecule has 4 rings (SSSR count). The predicted octanol–water partition coefficient (Wildman–Crippen LogP) is 2.40. The Kier molecular flexibility index (Phi) is 5.39. The number of benzene rings is 2. The van der Waals surface area contributed by atoms with Crippen LogP contribution in [0.5, 0.6) is 0 Å². The van der Waals surface area contributed by atoms with E-state index >= 15 is 0 Å². The van der Waals surface area contributed by atoms with Gasteiger partial charge in [0, 0.05) is 10.6 Å². The van der Waals surface area contributed by atoms with E-state index in [4.69, 9.17) is 0 Å². The minimum atomic E-state index is -0.401. The van der Waals surface area contributed by atoms with Gasteiger partial charge in [-0.05, 0) is 30.0 Å². The Morgan fingerprint density at radius 3 is 2.76 bits per heavy atom. The molecule has 0 saturated carbocycles. The van der Waals surface area contributed by atoms with E-state index in [9.17, 15) is 9.59 Å². The van der Waals surface area contributed by atoms with E-state index in [0.29, 0.717) is 17.9 Å². The van der Waals surface area contributed by atoms with Crippen molar-refractivity contribution in [2.75, 3.05) is 11.6 Å². The van der Waals surface area contributed by atoms with E-state index in [2.05, 4.69) is 20.6 Å². The fourth-order valence-electron chi connectivity index (χ4n) is 2.92. The highest BCUT2D eigenvalue weighted by molar-refractivity contribution is 7.98. The number of nitrogens with zero attached hydrogens (tertiary/aromatic N) is 5. The van der Waals surface area contributed by atoms with E-state index in [1.807, 2.05) is 54.8 Å². The number of hydrogen-bond acceptors (Lipinski definition) is 6. The molecule has 0 aliphatic heterocycles. The molecule has 0 radical (unpaired) electrons. The van der Waals surface area contributed by atoms with Crippen molar-refractivity contribution in [1.82, 2.24) is 24.5 Å². The molecule has 0 unspecified atom stereocenters. The van der Waals surface area contributed by atoms with Crippen LogP contribution in [0, 0.1) is 0 Å². The summed E-state index contributed by atoms with van der Waals surface area (Å²) in [6.07, 6.45) is 3.32. The second kappa shape index (κ2) is 8.27. The zero-order valence-electron chi connectivity index (χ0n) is 15.6. The maximum Gasteiger partial charge on any atom is 0.283 e. The van der Waals surface area contributed by atoms with Gasteiger partial charge in [0.15, 0.2) is 11.2 Å². The van der Waals surface area contributed by atoms with E-state index in [1.54, 1.807) is 22.5 Å². The molecule has 0 aliphatic carbocycles. The largest absolute Gasteiger partial charge is 0.324 e. The van der Waals surface area contributed by atoms with Crippen molar-refractivity contribution in [1.29, 1.82) is 0 Å². The number of hydrogen-bond donors (Lipinski definition) is 1. The monoisotopic (exact) mass is 406 g/mol. The highest BCUT2D eigenvalue weighted by Crippen LogP contribution is 2.18. The number of anilines is 1. The van der Waals surface area contributed by atoms with Crippen LogP contribution < -0.4 is 10.9 Å². The Labute approximate surface area is 170 Å². The van der Waals surface area contributed by atoms with Gasteiger partial charge in [-0.15, -0.1) is 16.9 Å². The summed E-state index contributed by atoms with van der Waals surface area (Å²) < 4.78 is 2.81. The van der Waals surface area contributed by atoms with E-state index in [0.717, 1.165) is 10.5 Å². The molecule has 0 saturated heterocycles. The number of carbonyl (C=O) groups is 1. The highest BCUT2D eigenvalue weighted by atomic mass is 32.2. The van der Waals surface area contributed by atoms with Crippen molar-refractivity contribution in [3.05, 3.63) is 76.8 Å². The van der Waals surface area contributed by atoms with Crippen LogP contribution in [0.2, 0.25) is 0 Å². The lowest BCUT2D eigenvalue weighted by molar-refractivity contribution is -0.116. The molecule has 2 aromatic heterocycles. The van der Waals surface area contributed by atoms with Crippen molar-refractivity contribution in [2.45, 2.75) is 18.0 Å². The summed E-state index contributed by atoms with van der Waals surface area (Å²) in [7, 11) is 0. The lowest BCUT2D eigenvalue weighted by atomic mass is 10.2. The minimum Gasteiger partial charge on any atom is -0.324 e. The van der Waals surface area contributed by atoms with Crippen molar-refractivity contribution in [2.24, 2.45) is 0 Å². The number of thioether (sulfide) groups is 1. The summed E-state index contributed by atoms with van der Waals surface area (Å²) in [6.45, 7) is 0.302. The van der Waals surface area contributed by atoms with Crippen LogP contribution in [0.1, 0.15) is 5.56 Å². The maximum atomic E-state index is 12.7. The number of aromatic nitrogens is 5. The van der Waals surface area contributed by atoms with Gasteiger partial charge in [0.1, 0.15) is 12.9 Å². The third-order valence-electron chi connectivity index (χ3n) is 4.33. The summed E-state index contributed by atoms with van der Waals surface area (Å²) in [5.74, 6) is -0.316. The molecule has 1 amide bonds. The Balaban J connectivity index is 1.53. The molecule has 9 heteroatoms. The molecule has 0 spiro atoms. The van der Waals surface area contributed by atoms with Gasteiger partial charge < -0.3 is 5.32 Å². The molecule has 0 atom stereocenters. The first-order valence-electron chi connectivity index (χ1n) is 8.90. The van der Waals surface area contributed by atoms with E-state index in [-0.39, 0.29) is 18.0 Å². The average molecular weight is 406 g/mol. The maximum absolute atomic E-state index is 12.7. The molecule has 8 nitrogen and oxygen atoms in total. The highest BCUT2D eigenvalue weighted by Gasteiger charge is 2.14. The van der Waals surface area contributed by atoms with E-state index in [1.165, 1.54) is 10.9 Å². The molecule has 146 valence electrons. The molecule has 4 aromatic rings. The lowest BCUT2D eigenvalue weighted by Gasteiger charge is -2.08. The first-order valence-corrected chi connectivity index (χ1v) is 10.1. The molecule has 0 fully saturated rings. The molecule has 2 aromatic carbocycles. The van der Waals surface area contributed by atoms with Crippen LogP contribution in [0.25, 0.3) is 11.2 Å². The molecular formula is C20H18N6O2S. The quantitative estimate of drug-likeness (QED) is 0.494. The van der Waals surface area contributed by atoms with Gasteiger partial charge in [0.05, 0.1) is 6.54 Å². The second-order valence-electron chi connectivity index (χ2n) is 6.36. The fraction of sp³-hybridized carbons (Fsp3) is 0.150. The Bertz CT molecular complexity index is 1220. The van der Waals surface area contributed by atoms with Gasteiger partial charge in [-0.25, -0.2) is 9.67 Å².